The Kier molecular flexibility index (Phi) is 2.06. The van der Waals surface area contributed by atoms with Gasteiger partial charge in [0.05, 0.1) is 0 Å². The molecule has 1 radical (unpaired) electrons. The minimum absolute atomic E-state index is 0.340. The molecule has 4 heteroatoms. The normalized spacial score (nSPS) is 9.18. The third-order valence-electron chi connectivity index (χ3n) is 1.03. The average molecular weight is 155 g/mol. The van der Waals surface area contributed by atoms with E-state index in [1.165, 1.54) is 18.2 Å². The van der Waals surface area contributed by atoms with Gasteiger partial charge >= 0.3 is 6.16 Å². The van der Waals surface area contributed by atoms with Gasteiger partial charge in [0, 0.05) is 0 Å². The van der Waals surface area contributed by atoms with Crippen molar-refractivity contribution in [1.29, 1.82) is 0 Å². The minimum Gasteiger partial charge on any atom is -0.389 e. The number of rotatable bonds is 1. The van der Waals surface area contributed by atoms with Gasteiger partial charge in [0.15, 0.2) is 11.6 Å². The van der Waals surface area contributed by atoms with Crippen LogP contribution in [0.1, 0.15) is 0 Å². The second kappa shape index (κ2) is 3.01. The fraction of sp³-hybridized carbons (Fsp3) is 0. The molecular weight excluding hydrogens is 151 g/mol. The second-order valence-corrected chi connectivity index (χ2v) is 1.78. The fourth-order valence-electron chi connectivity index (χ4n) is 0.617. The van der Waals surface area contributed by atoms with Gasteiger partial charge in [-0.1, -0.05) is 12.1 Å². The number of hydrogen-bond donors (Lipinski definition) is 0. The van der Waals surface area contributed by atoms with Crippen LogP contribution in [0.15, 0.2) is 24.3 Å². The van der Waals surface area contributed by atoms with E-state index in [2.05, 4.69) is 4.74 Å². The van der Waals surface area contributed by atoms with Crippen molar-refractivity contribution in [1.82, 2.24) is 0 Å². The molecule has 0 aliphatic rings. The molecule has 11 heavy (non-hydrogen) atoms. The molecule has 57 valence electrons. The van der Waals surface area contributed by atoms with E-state index in [-0.39, 0.29) is 5.75 Å². The summed E-state index contributed by atoms with van der Waals surface area (Å²) in [5, 5.41) is 9.82. The third kappa shape index (κ3) is 1.93. The number of ether oxygens (including phenoxy) is 1. The summed E-state index contributed by atoms with van der Waals surface area (Å²) in [6, 6.07) is 5.18. The van der Waals surface area contributed by atoms with Crippen LogP contribution in [0.3, 0.4) is 0 Å². The molecule has 0 atom stereocenters. The minimum atomic E-state index is -1.77. The van der Waals surface area contributed by atoms with Crippen molar-refractivity contribution in [3.63, 3.8) is 0 Å². The van der Waals surface area contributed by atoms with Gasteiger partial charge in [0.25, 0.3) is 0 Å². The Hall–Kier alpha value is -1.58. The zero-order valence-electron chi connectivity index (χ0n) is 5.41. The molecule has 0 spiro atoms. The Bertz CT molecular complexity index is 272. The third-order valence-corrected chi connectivity index (χ3v) is 1.03. The summed E-state index contributed by atoms with van der Waals surface area (Å²) in [7, 11) is 0. The zero-order valence-corrected chi connectivity index (χ0v) is 5.41. The van der Waals surface area contributed by atoms with Gasteiger partial charge in [-0.3, -0.25) is 0 Å². The molecule has 1 aromatic carbocycles. The fourth-order valence-corrected chi connectivity index (χ4v) is 0.617. The van der Waals surface area contributed by atoms with E-state index in [9.17, 15) is 14.3 Å². The van der Waals surface area contributed by atoms with Crippen LogP contribution in [-0.2, 0) is 5.11 Å². The topological polar surface area (TPSA) is 46.2 Å². The summed E-state index contributed by atoms with van der Waals surface area (Å²) in [5.41, 5.74) is 0. The first-order chi connectivity index (χ1) is 5.20. The Balaban J connectivity index is 2.86. The van der Waals surface area contributed by atoms with Gasteiger partial charge in [0.1, 0.15) is 0 Å². The number of carbonyl (C=O) groups is 1. The van der Waals surface area contributed by atoms with E-state index < -0.39 is 12.0 Å². The summed E-state index contributed by atoms with van der Waals surface area (Å²) in [5.74, 6) is -1.07. The first kappa shape index (κ1) is 7.53. The highest BCUT2D eigenvalue weighted by Gasteiger charge is 2.06. The maximum atomic E-state index is 12.5. The molecule has 0 heterocycles. The summed E-state index contributed by atoms with van der Waals surface area (Å²) >= 11 is 0. The van der Waals surface area contributed by atoms with Crippen molar-refractivity contribution in [3.05, 3.63) is 30.1 Å². The molecule has 0 fully saturated rings. The highest BCUT2D eigenvalue weighted by molar-refractivity contribution is 5.60. The largest absolute Gasteiger partial charge is 0.555 e. The van der Waals surface area contributed by atoms with Crippen molar-refractivity contribution in [2.45, 2.75) is 0 Å². The molecule has 0 bridgehead atoms. The van der Waals surface area contributed by atoms with Crippen LogP contribution >= 0.6 is 0 Å². The number of halogens is 1. The first-order valence-electron chi connectivity index (χ1n) is 2.83. The number of para-hydroxylation sites is 1. The Morgan fingerprint density at radius 1 is 1.36 bits per heavy atom. The zero-order chi connectivity index (χ0) is 8.27. The molecule has 3 nitrogen and oxygen atoms in total. The average Bonchev–Trinajstić information content (AvgIpc) is 1.93. The van der Waals surface area contributed by atoms with Crippen LogP contribution in [0.4, 0.5) is 9.18 Å². The molecule has 0 N–H and O–H groups in total. The lowest BCUT2D eigenvalue weighted by Gasteiger charge is -1.97. The summed E-state index contributed by atoms with van der Waals surface area (Å²) in [4.78, 5) is 9.82. The number of carbonyl (C=O) groups excluding carboxylic acids is 1. The van der Waals surface area contributed by atoms with Crippen LogP contribution < -0.4 is 4.74 Å². The van der Waals surface area contributed by atoms with Crippen LogP contribution in [0.2, 0.25) is 0 Å². The van der Waals surface area contributed by atoms with Crippen molar-refractivity contribution in [3.8, 4) is 5.75 Å². The van der Waals surface area contributed by atoms with E-state index in [1.54, 1.807) is 0 Å². The van der Waals surface area contributed by atoms with Gasteiger partial charge in [-0.2, -0.15) is 9.90 Å². The van der Waals surface area contributed by atoms with Crippen LogP contribution in [-0.4, -0.2) is 6.16 Å². The van der Waals surface area contributed by atoms with Crippen molar-refractivity contribution in [2.75, 3.05) is 0 Å². The SMILES string of the molecule is [O]C(=O)Oc1ccccc1F. The Morgan fingerprint density at radius 3 is 2.55 bits per heavy atom. The van der Waals surface area contributed by atoms with Crippen molar-refractivity contribution in [2.24, 2.45) is 0 Å². The summed E-state index contributed by atoms with van der Waals surface area (Å²) in [6.07, 6.45) is -1.77. The standard InChI is InChI=1S/C7H4FO3/c8-5-3-1-2-4-6(5)11-7(9)10/h1-4H. The molecule has 0 aromatic heterocycles. The highest BCUT2D eigenvalue weighted by Crippen LogP contribution is 2.14. The van der Waals surface area contributed by atoms with Crippen molar-refractivity contribution >= 4 is 6.16 Å². The smallest absolute Gasteiger partial charge is 0.389 e. The lowest BCUT2D eigenvalue weighted by molar-refractivity contribution is 0.115. The lowest BCUT2D eigenvalue weighted by atomic mass is 10.3. The van der Waals surface area contributed by atoms with Gasteiger partial charge < -0.3 is 4.74 Å². The van der Waals surface area contributed by atoms with Crippen molar-refractivity contribution < 1.29 is 19.0 Å². The molecule has 0 aliphatic heterocycles. The van der Waals surface area contributed by atoms with Crippen LogP contribution in [0.5, 0.6) is 5.75 Å². The van der Waals surface area contributed by atoms with Gasteiger partial charge in [0.2, 0.25) is 0 Å². The molecule has 0 saturated carbocycles. The highest BCUT2D eigenvalue weighted by atomic mass is 19.1. The van der Waals surface area contributed by atoms with E-state index in [1.807, 2.05) is 0 Å². The number of hydrogen-bond acceptors (Lipinski definition) is 2. The van der Waals surface area contributed by atoms with E-state index in [0.29, 0.717) is 0 Å². The molecule has 1 aromatic rings. The Labute approximate surface area is 62.0 Å². The summed E-state index contributed by atoms with van der Waals surface area (Å²) < 4.78 is 16.5. The first-order valence-corrected chi connectivity index (χ1v) is 2.83. The van der Waals surface area contributed by atoms with E-state index in [4.69, 9.17) is 0 Å². The molecule has 0 saturated heterocycles. The van der Waals surface area contributed by atoms with Gasteiger partial charge in [-0.15, -0.1) is 0 Å². The lowest BCUT2D eigenvalue weighted by Crippen LogP contribution is -2.02. The quantitative estimate of drug-likeness (QED) is 0.458. The molecule has 0 amide bonds. The molecule has 1 rings (SSSR count). The maximum Gasteiger partial charge on any atom is 0.555 e. The molecule has 0 aliphatic carbocycles. The summed E-state index contributed by atoms with van der Waals surface area (Å²) in [6.45, 7) is 0. The van der Waals surface area contributed by atoms with E-state index >= 15 is 0 Å². The monoisotopic (exact) mass is 155 g/mol. The predicted molar refractivity (Wildman–Crippen MR) is 33.1 cm³/mol. The predicted octanol–water partition coefficient (Wildman–Crippen LogP) is 1.75. The van der Waals surface area contributed by atoms with E-state index in [0.717, 1.165) is 6.07 Å². The molecular formula is C7H4FO3. The Morgan fingerprint density at radius 2 is 2.00 bits per heavy atom. The maximum absolute atomic E-state index is 12.5. The van der Waals surface area contributed by atoms with Gasteiger partial charge in [-0.05, 0) is 12.1 Å². The second-order valence-electron chi connectivity index (χ2n) is 1.78. The molecule has 0 unspecified atom stereocenters. The number of benzene rings is 1. The van der Waals surface area contributed by atoms with Crippen LogP contribution in [0.25, 0.3) is 0 Å². The van der Waals surface area contributed by atoms with Crippen LogP contribution in [0, 0.1) is 5.82 Å². The van der Waals surface area contributed by atoms with Gasteiger partial charge in [-0.25, -0.2) is 4.39 Å².